The number of halogens is 5. The van der Waals surface area contributed by atoms with Gasteiger partial charge in [-0.25, -0.2) is 15.0 Å². The molecule has 1 aromatic carbocycles. The average Bonchev–Trinajstić information content (AvgIpc) is 3.29. The highest BCUT2D eigenvalue weighted by Gasteiger charge is 2.33. The molecule has 0 saturated carbocycles. The predicted octanol–water partition coefficient (Wildman–Crippen LogP) is 4.93. The molecule has 35 heavy (non-hydrogen) atoms. The van der Waals surface area contributed by atoms with Gasteiger partial charge in [-0.15, -0.1) is 11.3 Å². The molecule has 186 valence electrons. The molecule has 0 fully saturated rings. The number of carbonyl (C=O) groups excluding carboxylic acids is 2. The number of aliphatic hydroxyl groups is 1. The van der Waals surface area contributed by atoms with Crippen LogP contribution in [0, 0.1) is 0 Å². The van der Waals surface area contributed by atoms with E-state index in [0.29, 0.717) is 23.5 Å². The number of hydrogen-bond acceptors (Lipinski definition) is 7. The molecule has 0 bridgehead atoms. The maximum absolute atomic E-state index is 13.0. The smallest absolute Gasteiger partial charge is 0.396 e. The number of amides is 2. The number of alkyl halides is 3. The van der Waals surface area contributed by atoms with Crippen LogP contribution >= 0.6 is 34.5 Å². The van der Waals surface area contributed by atoms with Gasteiger partial charge in [0.25, 0.3) is 11.8 Å². The highest BCUT2D eigenvalue weighted by atomic mass is 35.5. The Balaban J connectivity index is 1.69. The van der Waals surface area contributed by atoms with Gasteiger partial charge in [0.2, 0.25) is 0 Å². The minimum absolute atomic E-state index is 0.0424. The Morgan fingerprint density at radius 2 is 1.91 bits per heavy atom. The van der Waals surface area contributed by atoms with Crippen molar-refractivity contribution in [3.8, 4) is 0 Å². The van der Waals surface area contributed by atoms with Crippen LogP contribution in [-0.4, -0.2) is 38.5 Å². The maximum Gasteiger partial charge on any atom is 0.417 e. The lowest BCUT2D eigenvalue weighted by Crippen LogP contribution is -2.28. The molecule has 8 nitrogen and oxygen atoms in total. The van der Waals surface area contributed by atoms with E-state index in [-0.39, 0.29) is 27.9 Å². The molecule has 3 N–H and O–H groups in total. The number of hydrogen-bond donors (Lipinski definition) is 3. The highest BCUT2D eigenvalue weighted by Crippen LogP contribution is 2.36. The number of aliphatic hydroxyl groups excluding tert-OH is 1. The number of aromatic nitrogens is 3. The molecule has 0 aliphatic carbocycles. The van der Waals surface area contributed by atoms with Crippen molar-refractivity contribution in [1.29, 1.82) is 0 Å². The van der Waals surface area contributed by atoms with Crippen molar-refractivity contribution >= 4 is 52.0 Å². The summed E-state index contributed by atoms with van der Waals surface area (Å²) in [5.74, 6) is -1.26. The van der Waals surface area contributed by atoms with Crippen LogP contribution in [0.25, 0.3) is 0 Å². The zero-order chi connectivity index (χ0) is 25.8. The first-order valence-corrected chi connectivity index (χ1v) is 11.6. The van der Waals surface area contributed by atoms with Crippen molar-refractivity contribution in [2.45, 2.75) is 32.0 Å². The number of nitrogens with zero attached hydrogens (tertiary/aromatic N) is 3. The number of anilines is 1. The van der Waals surface area contributed by atoms with Crippen LogP contribution in [0.1, 0.15) is 55.8 Å². The van der Waals surface area contributed by atoms with E-state index in [4.69, 9.17) is 28.3 Å². The molecule has 3 aromatic rings. The average molecular weight is 548 g/mol. The van der Waals surface area contributed by atoms with Gasteiger partial charge in [0, 0.05) is 12.3 Å². The molecule has 2 amide bonds. The molecule has 0 unspecified atom stereocenters. The Labute approximate surface area is 211 Å². The van der Waals surface area contributed by atoms with Crippen LogP contribution < -0.4 is 10.6 Å². The van der Waals surface area contributed by atoms with E-state index in [9.17, 15) is 22.8 Å². The summed E-state index contributed by atoms with van der Waals surface area (Å²) in [5.41, 5.74) is -0.767. The van der Waals surface area contributed by atoms with Crippen molar-refractivity contribution in [2.24, 2.45) is 0 Å². The summed E-state index contributed by atoms with van der Waals surface area (Å²) in [7, 11) is 0. The van der Waals surface area contributed by atoms with E-state index in [1.807, 2.05) is 0 Å². The number of thiazole rings is 1. The van der Waals surface area contributed by atoms with Gasteiger partial charge in [-0.1, -0.05) is 23.2 Å². The summed E-state index contributed by atoms with van der Waals surface area (Å²) >= 11 is 12.8. The van der Waals surface area contributed by atoms with Crippen molar-refractivity contribution < 1.29 is 27.9 Å². The third kappa shape index (κ3) is 6.66. The van der Waals surface area contributed by atoms with E-state index in [2.05, 4.69) is 25.6 Å². The second-order valence-corrected chi connectivity index (χ2v) is 9.06. The fraction of sp³-hybridized carbons (Fsp3) is 0.286. The molecule has 2 aromatic heterocycles. The predicted molar refractivity (Wildman–Crippen MR) is 125 cm³/mol. The molecule has 3 rings (SSSR count). The first kappa shape index (κ1) is 26.8. The van der Waals surface area contributed by atoms with Gasteiger partial charge in [-0.3, -0.25) is 9.59 Å². The molecule has 0 spiro atoms. The standard InChI is InChI=1S/C21H18Cl2F3N5O3S/c1-10(30-19(34)17-16(23)14(3-2-6-32)28-9-29-17)20-27-8-15(35-20)18(33)31-11-4-5-13(22)12(7-11)21(24,25)26/h4-5,7-10,32H,2-3,6H2,1H3,(H,30,34)(H,31,33)/t10-/m0/s1. The number of aryl methyl sites for hydroxylation is 1. The summed E-state index contributed by atoms with van der Waals surface area (Å²) in [6.07, 6.45) is -1.42. The van der Waals surface area contributed by atoms with Crippen LogP contribution in [-0.2, 0) is 12.6 Å². The highest BCUT2D eigenvalue weighted by molar-refractivity contribution is 7.13. The monoisotopic (exact) mass is 547 g/mol. The number of carbonyl (C=O) groups is 2. The van der Waals surface area contributed by atoms with E-state index in [1.165, 1.54) is 18.6 Å². The van der Waals surface area contributed by atoms with E-state index < -0.39 is 34.6 Å². The minimum atomic E-state index is -4.67. The number of benzene rings is 1. The molecule has 0 radical (unpaired) electrons. The summed E-state index contributed by atoms with van der Waals surface area (Å²) in [4.78, 5) is 37.4. The topological polar surface area (TPSA) is 117 Å². The maximum atomic E-state index is 13.0. The lowest BCUT2D eigenvalue weighted by atomic mass is 10.2. The van der Waals surface area contributed by atoms with Crippen molar-refractivity contribution in [3.05, 3.63) is 67.6 Å². The third-order valence-electron chi connectivity index (χ3n) is 4.64. The van der Waals surface area contributed by atoms with Gasteiger partial charge in [-0.05, 0) is 38.0 Å². The first-order chi connectivity index (χ1) is 16.5. The van der Waals surface area contributed by atoms with Gasteiger partial charge in [0.05, 0.1) is 33.5 Å². The van der Waals surface area contributed by atoms with Gasteiger partial charge in [0.1, 0.15) is 21.9 Å². The second kappa shape index (κ2) is 11.3. The molecule has 2 heterocycles. The summed E-state index contributed by atoms with van der Waals surface area (Å²) < 4.78 is 39.1. The Morgan fingerprint density at radius 1 is 1.17 bits per heavy atom. The Morgan fingerprint density at radius 3 is 2.60 bits per heavy atom. The van der Waals surface area contributed by atoms with E-state index in [1.54, 1.807) is 6.92 Å². The van der Waals surface area contributed by atoms with Crippen molar-refractivity contribution in [3.63, 3.8) is 0 Å². The largest absolute Gasteiger partial charge is 0.417 e. The normalized spacial score (nSPS) is 12.3. The molecular weight excluding hydrogens is 530 g/mol. The number of rotatable bonds is 8. The van der Waals surface area contributed by atoms with Crippen LogP contribution in [0.3, 0.4) is 0 Å². The zero-order valence-electron chi connectivity index (χ0n) is 18.0. The lowest BCUT2D eigenvalue weighted by molar-refractivity contribution is -0.137. The Bertz CT molecular complexity index is 1240. The SMILES string of the molecule is C[C@H](NC(=O)c1ncnc(CCCO)c1Cl)c1ncc(C(=O)Nc2ccc(Cl)c(C(F)(F)F)c2)s1. The van der Waals surface area contributed by atoms with Crippen molar-refractivity contribution in [1.82, 2.24) is 20.3 Å². The number of nitrogens with one attached hydrogen (secondary N) is 2. The van der Waals surface area contributed by atoms with Gasteiger partial charge in [0.15, 0.2) is 0 Å². The van der Waals surface area contributed by atoms with Gasteiger partial charge < -0.3 is 15.7 Å². The Hall–Kier alpha value is -2.80. The fourth-order valence-electron chi connectivity index (χ4n) is 2.92. The van der Waals surface area contributed by atoms with E-state index >= 15 is 0 Å². The van der Waals surface area contributed by atoms with Gasteiger partial charge in [-0.2, -0.15) is 13.2 Å². The van der Waals surface area contributed by atoms with E-state index in [0.717, 1.165) is 23.5 Å². The molecule has 0 saturated heterocycles. The summed E-state index contributed by atoms with van der Waals surface area (Å²) in [5, 5.41) is 14.0. The summed E-state index contributed by atoms with van der Waals surface area (Å²) in [6.45, 7) is 1.58. The Kier molecular flexibility index (Phi) is 8.65. The van der Waals surface area contributed by atoms with Gasteiger partial charge >= 0.3 is 6.18 Å². The van der Waals surface area contributed by atoms with Crippen LogP contribution in [0.5, 0.6) is 0 Å². The fourth-order valence-corrected chi connectivity index (χ4v) is 4.24. The molecule has 1 atom stereocenters. The van der Waals surface area contributed by atoms with Crippen LogP contribution in [0.4, 0.5) is 18.9 Å². The quantitative estimate of drug-likeness (QED) is 0.368. The second-order valence-electron chi connectivity index (χ2n) is 7.21. The van der Waals surface area contributed by atoms with Crippen molar-refractivity contribution in [2.75, 3.05) is 11.9 Å². The molecule has 14 heteroatoms. The zero-order valence-corrected chi connectivity index (χ0v) is 20.3. The minimum Gasteiger partial charge on any atom is -0.396 e. The van der Waals surface area contributed by atoms with Crippen LogP contribution in [0.15, 0.2) is 30.7 Å². The molecule has 0 aliphatic heterocycles. The molecular formula is C21H18Cl2F3N5O3S. The third-order valence-corrected chi connectivity index (χ3v) is 6.55. The summed E-state index contributed by atoms with van der Waals surface area (Å²) in [6, 6.07) is 2.41. The van der Waals surface area contributed by atoms with Crippen LogP contribution in [0.2, 0.25) is 10.0 Å². The lowest BCUT2D eigenvalue weighted by Gasteiger charge is -2.12. The first-order valence-electron chi connectivity index (χ1n) is 10.1. The molecule has 0 aliphatic rings.